The Morgan fingerprint density at radius 1 is 1.05 bits per heavy atom. The van der Waals surface area contributed by atoms with Crippen molar-refractivity contribution in [1.29, 1.82) is 0 Å². The van der Waals surface area contributed by atoms with E-state index in [2.05, 4.69) is 31.1 Å². The second-order valence-corrected chi connectivity index (χ2v) is 5.21. The van der Waals surface area contributed by atoms with Gasteiger partial charge in [0.05, 0.1) is 18.7 Å². The minimum Gasteiger partial charge on any atom is -0.493 e. The lowest BCUT2D eigenvalue weighted by Gasteiger charge is -2.10. The zero-order chi connectivity index (χ0) is 15.5. The van der Waals surface area contributed by atoms with E-state index in [1.807, 2.05) is 18.2 Å². The van der Waals surface area contributed by atoms with Gasteiger partial charge in [-0.3, -0.25) is 4.98 Å². The van der Waals surface area contributed by atoms with Crippen LogP contribution in [0.4, 0.5) is 0 Å². The summed E-state index contributed by atoms with van der Waals surface area (Å²) in [5.74, 6) is 2.10. The van der Waals surface area contributed by atoms with E-state index in [4.69, 9.17) is 14.0 Å². The van der Waals surface area contributed by atoms with Gasteiger partial charge in [-0.1, -0.05) is 5.16 Å². The number of ether oxygens (including phenoxy) is 2. The SMILES string of the molecule is COc1cc(-c2noc(-c3ccncc3)n2)cc(Br)c1OC. The molecule has 0 saturated heterocycles. The second kappa shape index (κ2) is 6.15. The van der Waals surface area contributed by atoms with Crippen LogP contribution in [0.5, 0.6) is 11.5 Å². The molecule has 22 heavy (non-hydrogen) atoms. The number of benzene rings is 1. The number of hydrogen-bond acceptors (Lipinski definition) is 6. The van der Waals surface area contributed by atoms with Crippen molar-refractivity contribution in [1.82, 2.24) is 15.1 Å². The fraction of sp³-hybridized carbons (Fsp3) is 0.133. The van der Waals surface area contributed by atoms with Crippen LogP contribution in [0.2, 0.25) is 0 Å². The molecule has 3 aromatic rings. The van der Waals surface area contributed by atoms with Gasteiger partial charge in [-0.25, -0.2) is 0 Å². The number of halogens is 1. The van der Waals surface area contributed by atoms with Crippen molar-refractivity contribution in [3.05, 3.63) is 41.1 Å². The minimum absolute atomic E-state index is 0.434. The Labute approximate surface area is 135 Å². The predicted molar refractivity (Wildman–Crippen MR) is 83.8 cm³/mol. The molecule has 6 nitrogen and oxygen atoms in total. The van der Waals surface area contributed by atoms with Crippen LogP contribution in [0.1, 0.15) is 0 Å². The molecule has 3 rings (SSSR count). The monoisotopic (exact) mass is 361 g/mol. The van der Waals surface area contributed by atoms with Crippen molar-refractivity contribution in [2.75, 3.05) is 14.2 Å². The average molecular weight is 362 g/mol. The fourth-order valence-electron chi connectivity index (χ4n) is 2.00. The maximum Gasteiger partial charge on any atom is 0.258 e. The molecule has 0 unspecified atom stereocenters. The van der Waals surface area contributed by atoms with E-state index >= 15 is 0 Å². The Balaban J connectivity index is 2.02. The molecule has 0 aliphatic rings. The van der Waals surface area contributed by atoms with Crippen molar-refractivity contribution in [3.8, 4) is 34.3 Å². The molecule has 7 heteroatoms. The Kier molecular flexibility index (Phi) is 4.06. The first kappa shape index (κ1) is 14.5. The average Bonchev–Trinajstić information content (AvgIpc) is 3.05. The normalized spacial score (nSPS) is 10.5. The maximum absolute atomic E-state index is 5.32. The minimum atomic E-state index is 0.434. The number of aromatic nitrogens is 3. The number of nitrogens with zero attached hydrogens (tertiary/aromatic N) is 3. The van der Waals surface area contributed by atoms with E-state index < -0.39 is 0 Å². The highest BCUT2D eigenvalue weighted by Gasteiger charge is 2.16. The van der Waals surface area contributed by atoms with Crippen LogP contribution in [0, 0.1) is 0 Å². The summed E-state index contributed by atoms with van der Waals surface area (Å²) in [6.45, 7) is 0. The van der Waals surface area contributed by atoms with E-state index in [9.17, 15) is 0 Å². The molecule has 0 spiro atoms. The molecule has 0 N–H and O–H groups in total. The van der Waals surface area contributed by atoms with Crippen LogP contribution in [0.25, 0.3) is 22.8 Å². The van der Waals surface area contributed by atoms with Crippen molar-refractivity contribution >= 4 is 15.9 Å². The zero-order valence-corrected chi connectivity index (χ0v) is 13.5. The van der Waals surface area contributed by atoms with Crippen molar-refractivity contribution in [2.45, 2.75) is 0 Å². The van der Waals surface area contributed by atoms with Crippen LogP contribution in [-0.2, 0) is 0 Å². The van der Waals surface area contributed by atoms with Gasteiger partial charge >= 0.3 is 0 Å². The standard InChI is InChI=1S/C15H12BrN3O3/c1-20-12-8-10(7-11(16)13(12)21-2)14-18-15(22-19-14)9-3-5-17-6-4-9/h3-8H,1-2H3. The number of rotatable bonds is 4. The van der Waals surface area contributed by atoms with Gasteiger partial charge in [-0.15, -0.1) is 0 Å². The summed E-state index contributed by atoms with van der Waals surface area (Å²) in [7, 11) is 3.16. The highest BCUT2D eigenvalue weighted by atomic mass is 79.9. The summed E-state index contributed by atoms with van der Waals surface area (Å²) in [5.41, 5.74) is 1.57. The Morgan fingerprint density at radius 3 is 2.50 bits per heavy atom. The highest BCUT2D eigenvalue weighted by Crippen LogP contribution is 2.39. The quantitative estimate of drug-likeness (QED) is 0.707. The molecular formula is C15H12BrN3O3. The molecule has 0 radical (unpaired) electrons. The van der Waals surface area contributed by atoms with Gasteiger partial charge in [-0.2, -0.15) is 4.98 Å². The summed E-state index contributed by atoms with van der Waals surface area (Å²) in [6.07, 6.45) is 3.35. The number of hydrogen-bond donors (Lipinski definition) is 0. The first-order valence-electron chi connectivity index (χ1n) is 6.39. The molecule has 0 aliphatic heterocycles. The third-order valence-electron chi connectivity index (χ3n) is 3.05. The summed E-state index contributed by atoms with van der Waals surface area (Å²) in [5, 5.41) is 4.01. The molecular weight excluding hydrogens is 350 g/mol. The summed E-state index contributed by atoms with van der Waals surface area (Å²) >= 11 is 3.45. The predicted octanol–water partition coefficient (Wildman–Crippen LogP) is 3.58. The maximum atomic E-state index is 5.32. The van der Waals surface area contributed by atoms with Gasteiger partial charge in [0.25, 0.3) is 5.89 Å². The fourth-order valence-corrected chi connectivity index (χ4v) is 2.60. The molecule has 2 heterocycles. The summed E-state index contributed by atoms with van der Waals surface area (Å²) in [6, 6.07) is 7.26. The van der Waals surface area contributed by atoms with Gasteiger partial charge < -0.3 is 14.0 Å². The molecule has 0 atom stereocenters. The third-order valence-corrected chi connectivity index (χ3v) is 3.63. The second-order valence-electron chi connectivity index (χ2n) is 4.35. The first-order valence-corrected chi connectivity index (χ1v) is 7.18. The van der Waals surface area contributed by atoms with Crippen LogP contribution in [-0.4, -0.2) is 29.3 Å². The third kappa shape index (κ3) is 2.67. The first-order chi connectivity index (χ1) is 10.7. The lowest BCUT2D eigenvalue weighted by Crippen LogP contribution is -1.93. The van der Waals surface area contributed by atoms with Crippen LogP contribution in [0.3, 0.4) is 0 Å². The molecule has 0 saturated carbocycles. The lowest BCUT2D eigenvalue weighted by atomic mass is 10.2. The Hall–Kier alpha value is -2.41. The van der Waals surface area contributed by atoms with Crippen molar-refractivity contribution < 1.29 is 14.0 Å². The zero-order valence-electron chi connectivity index (χ0n) is 11.9. The van der Waals surface area contributed by atoms with Gasteiger partial charge in [0.1, 0.15) is 0 Å². The largest absolute Gasteiger partial charge is 0.493 e. The van der Waals surface area contributed by atoms with Crippen LogP contribution >= 0.6 is 15.9 Å². The number of pyridine rings is 1. The van der Waals surface area contributed by atoms with E-state index in [0.29, 0.717) is 23.2 Å². The molecule has 0 amide bonds. The summed E-state index contributed by atoms with van der Waals surface area (Å²) in [4.78, 5) is 8.36. The van der Waals surface area contributed by atoms with E-state index in [0.717, 1.165) is 15.6 Å². The van der Waals surface area contributed by atoms with Gasteiger partial charge in [0.2, 0.25) is 5.82 Å². The van der Waals surface area contributed by atoms with Gasteiger partial charge in [-0.05, 0) is 40.2 Å². The smallest absolute Gasteiger partial charge is 0.258 e. The van der Waals surface area contributed by atoms with Crippen molar-refractivity contribution in [2.24, 2.45) is 0 Å². The van der Waals surface area contributed by atoms with E-state index in [1.54, 1.807) is 32.7 Å². The molecule has 112 valence electrons. The van der Waals surface area contributed by atoms with E-state index in [-0.39, 0.29) is 0 Å². The van der Waals surface area contributed by atoms with Crippen molar-refractivity contribution in [3.63, 3.8) is 0 Å². The Morgan fingerprint density at radius 2 is 1.82 bits per heavy atom. The molecule has 2 aromatic heterocycles. The molecule has 0 aliphatic carbocycles. The summed E-state index contributed by atoms with van der Waals surface area (Å²) < 4.78 is 16.7. The Bertz CT molecular complexity index is 790. The molecule has 0 fully saturated rings. The van der Waals surface area contributed by atoms with Crippen LogP contribution < -0.4 is 9.47 Å². The molecule has 1 aromatic carbocycles. The highest BCUT2D eigenvalue weighted by molar-refractivity contribution is 9.10. The van der Waals surface area contributed by atoms with Gasteiger partial charge in [0.15, 0.2) is 11.5 Å². The lowest BCUT2D eigenvalue weighted by molar-refractivity contribution is 0.353. The van der Waals surface area contributed by atoms with E-state index in [1.165, 1.54) is 0 Å². The number of methoxy groups -OCH3 is 2. The topological polar surface area (TPSA) is 70.3 Å². The van der Waals surface area contributed by atoms with Crippen LogP contribution in [0.15, 0.2) is 45.7 Å². The molecule has 0 bridgehead atoms. The van der Waals surface area contributed by atoms with Gasteiger partial charge in [0, 0.05) is 23.5 Å².